The SMILES string of the molecule is O=S(=O)(NC[C@]1(O)CCOc2ccccc21)c1ccc(F)c(Cl)c1. The largest absolute Gasteiger partial charge is 0.493 e. The first kappa shape index (κ1) is 17.2. The quantitative estimate of drug-likeness (QED) is 0.865. The van der Waals surface area contributed by atoms with Gasteiger partial charge in [-0.25, -0.2) is 17.5 Å². The number of aliphatic hydroxyl groups is 1. The summed E-state index contributed by atoms with van der Waals surface area (Å²) in [6.07, 6.45) is 0.247. The molecule has 0 unspecified atom stereocenters. The molecule has 0 fully saturated rings. The maximum atomic E-state index is 13.2. The van der Waals surface area contributed by atoms with Crippen molar-refractivity contribution in [1.29, 1.82) is 0 Å². The van der Waals surface area contributed by atoms with Crippen LogP contribution in [0.15, 0.2) is 47.4 Å². The molecule has 0 saturated carbocycles. The Morgan fingerprint density at radius 3 is 2.79 bits per heavy atom. The highest BCUT2D eigenvalue weighted by molar-refractivity contribution is 7.89. The molecule has 0 spiro atoms. The zero-order valence-corrected chi connectivity index (χ0v) is 14.1. The first-order chi connectivity index (χ1) is 11.3. The molecule has 128 valence electrons. The Morgan fingerprint density at radius 2 is 2.04 bits per heavy atom. The van der Waals surface area contributed by atoms with Crippen LogP contribution in [0, 0.1) is 5.82 Å². The van der Waals surface area contributed by atoms with Crippen LogP contribution in [0.1, 0.15) is 12.0 Å². The van der Waals surface area contributed by atoms with Crippen LogP contribution in [-0.2, 0) is 15.6 Å². The van der Waals surface area contributed by atoms with Crippen LogP contribution in [0.5, 0.6) is 5.75 Å². The molecule has 2 N–H and O–H groups in total. The molecule has 3 rings (SSSR count). The number of halogens is 2. The smallest absolute Gasteiger partial charge is 0.240 e. The van der Waals surface area contributed by atoms with Crippen molar-refractivity contribution in [3.8, 4) is 5.75 Å². The maximum absolute atomic E-state index is 13.2. The molecule has 2 aromatic rings. The number of sulfonamides is 1. The number of hydrogen-bond donors (Lipinski definition) is 2. The zero-order chi connectivity index (χ0) is 17.4. The van der Waals surface area contributed by atoms with Gasteiger partial charge in [0.05, 0.1) is 16.5 Å². The van der Waals surface area contributed by atoms with Crippen molar-refractivity contribution in [3.05, 3.63) is 58.9 Å². The van der Waals surface area contributed by atoms with E-state index in [-0.39, 0.29) is 29.5 Å². The number of ether oxygens (including phenoxy) is 1. The minimum Gasteiger partial charge on any atom is -0.493 e. The van der Waals surface area contributed by atoms with Gasteiger partial charge >= 0.3 is 0 Å². The highest BCUT2D eigenvalue weighted by atomic mass is 35.5. The molecule has 0 aromatic heterocycles. The standard InChI is InChI=1S/C16H15ClFNO4S/c17-13-9-11(5-6-14(13)18)24(21,22)19-10-16(20)7-8-23-15-4-2-1-3-12(15)16/h1-6,9,19-20H,7-8,10H2/t16-/m1/s1. The summed E-state index contributed by atoms with van der Waals surface area (Å²) in [5.41, 5.74) is -0.859. The van der Waals surface area contributed by atoms with Crippen molar-refractivity contribution in [3.63, 3.8) is 0 Å². The summed E-state index contributed by atoms with van der Waals surface area (Å²) >= 11 is 5.63. The van der Waals surface area contributed by atoms with Gasteiger partial charge in [-0.05, 0) is 24.3 Å². The minimum absolute atomic E-state index is 0.169. The summed E-state index contributed by atoms with van der Waals surface area (Å²) in [6.45, 7) is 0.0440. The minimum atomic E-state index is -3.94. The van der Waals surface area contributed by atoms with Gasteiger partial charge in [-0.3, -0.25) is 0 Å². The van der Waals surface area contributed by atoms with Gasteiger partial charge in [-0.1, -0.05) is 29.8 Å². The van der Waals surface area contributed by atoms with E-state index in [4.69, 9.17) is 16.3 Å². The molecule has 0 bridgehead atoms. The van der Waals surface area contributed by atoms with Crippen LogP contribution >= 0.6 is 11.6 Å². The fourth-order valence-corrected chi connectivity index (χ4v) is 3.93. The van der Waals surface area contributed by atoms with Crippen molar-refractivity contribution in [1.82, 2.24) is 4.72 Å². The van der Waals surface area contributed by atoms with Crippen LogP contribution < -0.4 is 9.46 Å². The summed E-state index contributed by atoms with van der Waals surface area (Å²) < 4.78 is 45.7. The molecule has 0 aliphatic carbocycles. The highest BCUT2D eigenvalue weighted by Crippen LogP contribution is 2.36. The molecular weight excluding hydrogens is 357 g/mol. The van der Waals surface area contributed by atoms with Gasteiger partial charge in [0, 0.05) is 18.5 Å². The van der Waals surface area contributed by atoms with Crippen molar-refractivity contribution in [2.45, 2.75) is 16.9 Å². The summed E-state index contributed by atoms with van der Waals surface area (Å²) in [7, 11) is -3.94. The normalized spacial score (nSPS) is 20.3. The first-order valence-corrected chi connectivity index (χ1v) is 9.07. The molecule has 0 amide bonds. The Balaban J connectivity index is 1.83. The third-order valence-corrected chi connectivity index (χ3v) is 5.61. The van der Waals surface area contributed by atoms with Gasteiger partial charge in [-0.2, -0.15) is 0 Å². The highest BCUT2D eigenvalue weighted by Gasteiger charge is 2.36. The molecule has 0 radical (unpaired) electrons. The van der Waals surface area contributed by atoms with Crippen molar-refractivity contribution < 1.29 is 22.7 Å². The molecule has 1 heterocycles. The second-order valence-corrected chi connectivity index (χ2v) is 7.70. The lowest BCUT2D eigenvalue weighted by Crippen LogP contribution is -2.43. The second kappa shape index (κ2) is 6.33. The van der Waals surface area contributed by atoms with Crippen LogP contribution in [0.4, 0.5) is 4.39 Å². The molecule has 1 atom stereocenters. The van der Waals surface area contributed by atoms with E-state index in [1.807, 2.05) is 0 Å². The van der Waals surface area contributed by atoms with E-state index >= 15 is 0 Å². The van der Waals surface area contributed by atoms with E-state index in [1.54, 1.807) is 24.3 Å². The molecule has 0 saturated heterocycles. The topological polar surface area (TPSA) is 75.6 Å². The van der Waals surface area contributed by atoms with E-state index in [9.17, 15) is 17.9 Å². The molecular formula is C16H15ClFNO4S. The molecule has 1 aliphatic rings. The molecule has 2 aromatic carbocycles. The monoisotopic (exact) mass is 371 g/mol. The third kappa shape index (κ3) is 3.25. The van der Waals surface area contributed by atoms with E-state index < -0.39 is 21.4 Å². The lowest BCUT2D eigenvalue weighted by Gasteiger charge is -2.34. The molecule has 8 heteroatoms. The number of fused-ring (bicyclic) bond motifs is 1. The number of para-hydroxylation sites is 1. The lowest BCUT2D eigenvalue weighted by atomic mass is 9.88. The van der Waals surface area contributed by atoms with Gasteiger partial charge in [0.2, 0.25) is 10.0 Å². The molecule has 5 nitrogen and oxygen atoms in total. The summed E-state index contributed by atoms with van der Waals surface area (Å²) in [5, 5.41) is 10.6. The van der Waals surface area contributed by atoms with E-state index in [2.05, 4.69) is 4.72 Å². The Hall–Kier alpha value is -1.67. The van der Waals surface area contributed by atoms with E-state index in [1.165, 1.54) is 0 Å². The number of benzene rings is 2. The Morgan fingerprint density at radius 1 is 1.29 bits per heavy atom. The van der Waals surface area contributed by atoms with E-state index in [0.29, 0.717) is 11.3 Å². The molecule has 24 heavy (non-hydrogen) atoms. The van der Waals surface area contributed by atoms with Gasteiger partial charge < -0.3 is 9.84 Å². The van der Waals surface area contributed by atoms with Crippen molar-refractivity contribution >= 4 is 21.6 Å². The number of rotatable bonds is 4. The zero-order valence-electron chi connectivity index (χ0n) is 12.5. The number of hydrogen-bond acceptors (Lipinski definition) is 4. The van der Waals surface area contributed by atoms with Crippen molar-refractivity contribution in [2.24, 2.45) is 0 Å². The summed E-state index contributed by atoms with van der Waals surface area (Å²) in [5.74, 6) is -0.178. The maximum Gasteiger partial charge on any atom is 0.240 e. The average molecular weight is 372 g/mol. The fourth-order valence-electron chi connectivity index (χ4n) is 2.57. The predicted molar refractivity (Wildman–Crippen MR) is 87.0 cm³/mol. The van der Waals surface area contributed by atoms with Crippen LogP contribution in [0.25, 0.3) is 0 Å². The van der Waals surface area contributed by atoms with Gasteiger partial charge in [-0.15, -0.1) is 0 Å². The molecule has 1 aliphatic heterocycles. The summed E-state index contributed by atoms with van der Waals surface area (Å²) in [6, 6.07) is 10.1. The Kier molecular flexibility index (Phi) is 4.52. The van der Waals surface area contributed by atoms with Crippen LogP contribution in [0.2, 0.25) is 5.02 Å². The van der Waals surface area contributed by atoms with Crippen molar-refractivity contribution in [2.75, 3.05) is 13.2 Å². The Bertz CT molecular complexity index is 874. The predicted octanol–water partition coefficient (Wildman–Crippen LogP) is 2.43. The van der Waals surface area contributed by atoms with Crippen LogP contribution in [-0.4, -0.2) is 26.7 Å². The van der Waals surface area contributed by atoms with Crippen LogP contribution in [0.3, 0.4) is 0 Å². The van der Waals surface area contributed by atoms with Gasteiger partial charge in [0.15, 0.2) is 0 Å². The first-order valence-electron chi connectivity index (χ1n) is 7.21. The fraction of sp³-hybridized carbons (Fsp3) is 0.250. The average Bonchev–Trinajstić information content (AvgIpc) is 2.56. The summed E-state index contributed by atoms with van der Waals surface area (Å²) in [4.78, 5) is -0.169. The van der Waals surface area contributed by atoms with E-state index in [0.717, 1.165) is 18.2 Å². The third-order valence-electron chi connectivity index (χ3n) is 3.92. The lowest BCUT2D eigenvalue weighted by molar-refractivity contribution is 0.00219. The Labute approximate surface area is 144 Å². The van der Waals surface area contributed by atoms with Gasteiger partial charge in [0.1, 0.15) is 17.2 Å². The second-order valence-electron chi connectivity index (χ2n) is 5.53. The number of nitrogens with one attached hydrogen (secondary N) is 1. The van der Waals surface area contributed by atoms with Gasteiger partial charge in [0.25, 0.3) is 0 Å².